The predicted molar refractivity (Wildman–Crippen MR) is 97.1 cm³/mol. The number of nitrogens with zero attached hydrogens (tertiary/aromatic N) is 1. The first-order chi connectivity index (χ1) is 11.5. The summed E-state index contributed by atoms with van der Waals surface area (Å²) < 4.78 is 24.5. The normalized spacial score (nSPS) is 13.4. The summed E-state index contributed by atoms with van der Waals surface area (Å²) in [6, 6.07) is 8.13. The van der Waals surface area contributed by atoms with E-state index in [1.165, 1.54) is 12.1 Å². The van der Waals surface area contributed by atoms with Crippen LogP contribution in [0.2, 0.25) is 0 Å². The van der Waals surface area contributed by atoms with Gasteiger partial charge in [-0.1, -0.05) is 0 Å². The number of rotatable bonds is 3. The van der Waals surface area contributed by atoms with Gasteiger partial charge in [0.05, 0.1) is 19.8 Å². The van der Waals surface area contributed by atoms with Crippen LogP contribution in [0, 0.1) is 9.39 Å². The van der Waals surface area contributed by atoms with E-state index in [-0.39, 0.29) is 11.7 Å². The van der Waals surface area contributed by atoms with Crippen LogP contribution in [0.25, 0.3) is 0 Å². The Bertz CT molecular complexity index is 794. The third-order valence-corrected chi connectivity index (χ3v) is 5.06. The Hall–Kier alpha value is -1.83. The summed E-state index contributed by atoms with van der Waals surface area (Å²) in [4.78, 5) is 14.5. The molecule has 0 saturated carbocycles. The van der Waals surface area contributed by atoms with E-state index in [1.54, 1.807) is 25.2 Å². The van der Waals surface area contributed by atoms with E-state index in [2.05, 4.69) is 0 Å². The van der Waals surface area contributed by atoms with Crippen LogP contribution in [0.15, 0.2) is 30.3 Å². The van der Waals surface area contributed by atoms with Crippen molar-refractivity contribution in [2.45, 2.75) is 13.0 Å². The van der Waals surface area contributed by atoms with Crippen molar-refractivity contribution in [2.75, 3.05) is 20.8 Å². The number of hydrogen-bond donors (Lipinski definition) is 0. The third kappa shape index (κ3) is 3.19. The van der Waals surface area contributed by atoms with E-state index >= 15 is 0 Å². The van der Waals surface area contributed by atoms with Crippen LogP contribution in [0.1, 0.15) is 21.5 Å². The van der Waals surface area contributed by atoms with Gasteiger partial charge in [0.2, 0.25) is 0 Å². The van der Waals surface area contributed by atoms with Crippen molar-refractivity contribution in [1.82, 2.24) is 4.90 Å². The van der Waals surface area contributed by atoms with Gasteiger partial charge in [0.1, 0.15) is 5.82 Å². The molecule has 1 heterocycles. The lowest BCUT2D eigenvalue weighted by Gasteiger charge is -2.30. The predicted octanol–water partition coefficient (Wildman–Crippen LogP) is 3.65. The zero-order valence-corrected chi connectivity index (χ0v) is 15.6. The van der Waals surface area contributed by atoms with Crippen molar-refractivity contribution in [3.8, 4) is 11.5 Å². The minimum Gasteiger partial charge on any atom is -0.493 e. The maximum atomic E-state index is 13.2. The van der Waals surface area contributed by atoms with E-state index in [9.17, 15) is 9.18 Å². The molecule has 3 rings (SSSR count). The van der Waals surface area contributed by atoms with Crippen molar-refractivity contribution >= 4 is 28.5 Å². The molecule has 6 heteroatoms. The third-order valence-electron chi connectivity index (χ3n) is 4.17. The molecule has 0 unspecified atom stereocenters. The number of methoxy groups -OCH3 is 2. The van der Waals surface area contributed by atoms with Crippen LogP contribution in [-0.2, 0) is 13.0 Å². The number of hydrogen-bond acceptors (Lipinski definition) is 3. The van der Waals surface area contributed by atoms with Gasteiger partial charge in [0.25, 0.3) is 5.91 Å². The highest BCUT2D eigenvalue weighted by Gasteiger charge is 2.24. The average Bonchev–Trinajstić information content (AvgIpc) is 2.59. The van der Waals surface area contributed by atoms with E-state index in [1.807, 2.05) is 34.7 Å². The molecule has 0 atom stereocenters. The largest absolute Gasteiger partial charge is 0.493 e. The van der Waals surface area contributed by atoms with Gasteiger partial charge in [-0.3, -0.25) is 4.79 Å². The minimum atomic E-state index is -0.336. The summed E-state index contributed by atoms with van der Waals surface area (Å²) in [7, 11) is 3.20. The standard InChI is InChI=1S/C18H17FINO3/c1-23-16-7-11-5-6-21(10-12(11)8-17(16)24-2)18(22)14-4-3-13(19)9-15(14)20/h3-4,7-9H,5-6,10H2,1-2H3. The van der Waals surface area contributed by atoms with E-state index in [0.717, 1.165) is 17.5 Å². The van der Waals surface area contributed by atoms with E-state index in [0.29, 0.717) is 33.7 Å². The molecule has 0 saturated heterocycles. The molecule has 0 aromatic heterocycles. The number of carbonyl (C=O) groups is 1. The van der Waals surface area contributed by atoms with Crippen molar-refractivity contribution in [3.05, 3.63) is 56.4 Å². The maximum Gasteiger partial charge on any atom is 0.255 e. The van der Waals surface area contributed by atoms with Gasteiger partial charge in [0.15, 0.2) is 11.5 Å². The quantitative estimate of drug-likeness (QED) is 0.683. The van der Waals surface area contributed by atoms with Crippen LogP contribution >= 0.6 is 22.6 Å². The topological polar surface area (TPSA) is 38.8 Å². The molecule has 4 nitrogen and oxygen atoms in total. The molecule has 1 aliphatic heterocycles. The summed E-state index contributed by atoms with van der Waals surface area (Å²) in [5.41, 5.74) is 2.73. The van der Waals surface area contributed by atoms with Gasteiger partial charge in [-0.15, -0.1) is 0 Å². The average molecular weight is 441 g/mol. The second kappa shape index (κ2) is 6.96. The van der Waals surface area contributed by atoms with Crippen molar-refractivity contribution < 1.29 is 18.7 Å². The number of carbonyl (C=O) groups excluding carboxylic acids is 1. The number of halogens is 2. The van der Waals surface area contributed by atoms with Gasteiger partial charge >= 0.3 is 0 Å². The Morgan fingerprint density at radius 3 is 2.42 bits per heavy atom. The number of fused-ring (bicyclic) bond motifs is 1. The Kier molecular flexibility index (Phi) is 4.93. The summed E-state index contributed by atoms with van der Waals surface area (Å²) in [6.07, 6.45) is 0.749. The molecule has 126 valence electrons. The Morgan fingerprint density at radius 2 is 1.79 bits per heavy atom. The zero-order chi connectivity index (χ0) is 17.3. The highest BCUT2D eigenvalue weighted by atomic mass is 127. The van der Waals surface area contributed by atoms with Crippen LogP contribution < -0.4 is 9.47 Å². The summed E-state index contributed by atoms with van der Waals surface area (Å²) >= 11 is 1.99. The van der Waals surface area contributed by atoms with Crippen LogP contribution in [0.4, 0.5) is 4.39 Å². The fourth-order valence-electron chi connectivity index (χ4n) is 2.89. The molecule has 2 aromatic carbocycles. The molecule has 0 fully saturated rings. The molecule has 0 aliphatic carbocycles. The van der Waals surface area contributed by atoms with Crippen molar-refractivity contribution in [1.29, 1.82) is 0 Å². The monoisotopic (exact) mass is 441 g/mol. The van der Waals surface area contributed by atoms with Crippen LogP contribution in [0.5, 0.6) is 11.5 Å². The van der Waals surface area contributed by atoms with Gasteiger partial charge in [-0.2, -0.15) is 0 Å². The molecule has 0 bridgehead atoms. The molecule has 1 aliphatic rings. The SMILES string of the molecule is COc1cc2c(cc1OC)CN(C(=O)c1ccc(F)cc1I)CC2. The lowest BCUT2D eigenvalue weighted by molar-refractivity contribution is 0.0733. The number of ether oxygens (including phenoxy) is 2. The number of amides is 1. The summed E-state index contributed by atoms with van der Waals surface area (Å²) in [6.45, 7) is 1.12. The van der Waals surface area contributed by atoms with Gasteiger partial charge in [0, 0.05) is 16.7 Å². The Labute approximate surface area is 153 Å². The Balaban J connectivity index is 1.88. The number of benzene rings is 2. The first-order valence-electron chi connectivity index (χ1n) is 7.51. The molecule has 2 aromatic rings. The smallest absolute Gasteiger partial charge is 0.255 e. The maximum absolute atomic E-state index is 13.2. The highest BCUT2D eigenvalue weighted by molar-refractivity contribution is 14.1. The van der Waals surface area contributed by atoms with E-state index in [4.69, 9.17) is 9.47 Å². The molecule has 0 spiro atoms. The molecule has 0 radical (unpaired) electrons. The van der Waals surface area contributed by atoms with Gasteiger partial charge < -0.3 is 14.4 Å². The lowest BCUT2D eigenvalue weighted by Crippen LogP contribution is -2.36. The zero-order valence-electron chi connectivity index (χ0n) is 13.4. The molecular formula is C18H17FINO3. The summed E-state index contributed by atoms with van der Waals surface area (Å²) in [5, 5.41) is 0. The fraction of sp³-hybridized carbons (Fsp3) is 0.278. The molecule has 1 amide bonds. The second-order valence-electron chi connectivity index (χ2n) is 5.58. The van der Waals surface area contributed by atoms with Gasteiger partial charge in [-0.25, -0.2) is 4.39 Å². The lowest BCUT2D eigenvalue weighted by atomic mass is 9.98. The first-order valence-corrected chi connectivity index (χ1v) is 8.59. The Morgan fingerprint density at radius 1 is 1.12 bits per heavy atom. The minimum absolute atomic E-state index is 0.0835. The second-order valence-corrected chi connectivity index (χ2v) is 6.74. The van der Waals surface area contributed by atoms with Gasteiger partial charge in [-0.05, 0) is 70.5 Å². The molecule has 24 heavy (non-hydrogen) atoms. The highest BCUT2D eigenvalue weighted by Crippen LogP contribution is 2.33. The fourth-order valence-corrected chi connectivity index (χ4v) is 3.60. The molecule has 0 N–H and O–H groups in total. The summed E-state index contributed by atoms with van der Waals surface area (Å²) in [5.74, 6) is 0.933. The van der Waals surface area contributed by atoms with Crippen LogP contribution in [0.3, 0.4) is 0 Å². The molecular weight excluding hydrogens is 424 g/mol. The van der Waals surface area contributed by atoms with E-state index < -0.39 is 0 Å². The van der Waals surface area contributed by atoms with Crippen molar-refractivity contribution in [2.24, 2.45) is 0 Å². The first kappa shape index (κ1) is 17.0. The van der Waals surface area contributed by atoms with Crippen molar-refractivity contribution in [3.63, 3.8) is 0 Å². The van der Waals surface area contributed by atoms with Crippen LogP contribution in [-0.4, -0.2) is 31.6 Å².